The van der Waals surface area contributed by atoms with Crippen molar-refractivity contribution in [3.05, 3.63) is 46.4 Å². The van der Waals surface area contributed by atoms with Crippen LogP contribution in [0.5, 0.6) is 5.75 Å². The predicted molar refractivity (Wildman–Crippen MR) is 91.4 cm³/mol. The van der Waals surface area contributed by atoms with Gasteiger partial charge in [-0.15, -0.1) is 0 Å². The van der Waals surface area contributed by atoms with E-state index in [1.807, 2.05) is 12.4 Å². The van der Waals surface area contributed by atoms with Crippen molar-refractivity contribution in [3.63, 3.8) is 0 Å². The third-order valence-electron chi connectivity index (χ3n) is 4.06. The molecule has 1 aliphatic heterocycles. The lowest BCUT2D eigenvalue weighted by atomic mass is 10.2. The number of aromatic nitrogens is 2. The Morgan fingerprint density at radius 1 is 1.35 bits per heavy atom. The van der Waals surface area contributed by atoms with Crippen molar-refractivity contribution in [2.24, 2.45) is 0 Å². The van der Waals surface area contributed by atoms with Gasteiger partial charge in [-0.1, -0.05) is 22.9 Å². The first-order valence-electron chi connectivity index (χ1n) is 7.82. The maximum atomic E-state index is 13.8. The van der Waals surface area contributed by atoms with Crippen LogP contribution < -0.4 is 9.64 Å². The first-order valence-corrected chi connectivity index (χ1v) is 8.62. The Bertz CT molecular complexity index is 665. The summed E-state index contributed by atoms with van der Waals surface area (Å²) in [5, 5.41) is 0. The molecular formula is C17H19BrFN3O. The molecule has 4 nitrogen and oxygen atoms in total. The molecule has 0 radical (unpaired) electrons. The van der Waals surface area contributed by atoms with E-state index in [1.165, 1.54) is 6.07 Å². The van der Waals surface area contributed by atoms with Gasteiger partial charge < -0.3 is 9.64 Å². The number of hydrogen-bond acceptors (Lipinski definition) is 4. The Kier molecular flexibility index (Phi) is 5.10. The molecule has 0 saturated carbocycles. The SMILES string of the molecule is CCc1cnc(N2CCC[C@H]2COc2ccc(Br)cc2F)nc1. The Balaban J connectivity index is 1.66. The molecule has 1 atom stereocenters. The summed E-state index contributed by atoms with van der Waals surface area (Å²) in [7, 11) is 0. The summed E-state index contributed by atoms with van der Waals surface area (Å²) in [6, 6.07) is 5.00. The number of ether oxygens (including phenoxy) is 1. The molecule has 3 rings (SSSR count). The summed E-state index contributed by atoms with van der Waals surface area (Å²) in [5.74, 6) is 0.652. The summed E-state index contributed by atoms with van der Waals surface area (Å²) >= 11 is 3.25. The van der Waals surface area contributed by atoms with Gasteiger partial charge in [0.15, 0.2) is 11.6 Å². The van der Waals surface area contributed by atoms with Crippen LogP contribution in [0.25, 0.3) is 0 Å². The standard InChI is InChI=1S/C17H19BrFN3O/c1-2-12-9-20-17(21-10-12)22-7-3-4-14(22)11-23-16-6-5-13(18)8-15(16)19/h5-6,8-10,14H,2-4,7,11H2,1H3/t14-/m0/s1. The molecule has 1 aliphatic rings. The fraction of sp³-hybridized carbons (Fsp3) is 0.412. The molecule has 1 saturated heterocycles. The van der Waals surface area contributed by atoms with E-state index in [-0.39, 0.29) is 17.6 Å². The zero-order valence-corrected chi connectivity index (χ0v) is 14.6. The van der Waals surface area contributed by atoms with Crippen molar-refractivity contribution < 1.29 is 9.13 Å². The van der Waals surface area contributed by atoms with Crippen molar-refractivity contribution in [3.8, 4) is 5.75 Å². The Hall–Kier alpha value is -1.69. The lowest BCUT2D eigenvalue weighted by molar-refractivity contribution is 0.275. The van der Waals surface area contributed by atoms with Crippen LogP contribution in [0, 0.1) is 5.82 Å². The van der Waals surface area contributed by atoms with Gasteiger partial charge in [0.05, 0.1) is 6.04 Å². The average Bonchev–Trinajstić information content (AvgIpc) is 3.02. The van der Waals surface area contributed by atoms with E-state index in [0.29, 0.717) is 11.1 Å². The van der Waals surface area contributed by atoms with Crippen LogP contribution in [0.15, 0.2) is 35.1 Å². The maximum Gasteiger partial charge on any atom is 0.225 e. The number of benzene rings is 1. The van der Waals surface area contributed by atoms with Crippen LogP contribution in [0.3, 0.4) is 0 Å². The Morgan fingerprint density at radius 3 is 2.83 bits per heavy atom. The van der Waals surface area contributed by atoms with Gasteiger partial charge in [0.1, 0.15) is 6.61 Å². The first-order chi connectivity index (χ1) is 11.2. The predicted octanol–water partition coefficient (Wildman–Crippen LogP) is 3.99. The van der Waals surface area contributed by atoms with Gasteiger partial charge >= 0.3 is 0 Å². The molecule has 1 aromatic carbocycles. The molecule has 122 valence electrons. The minimum atomic E-state index is -0.354. The Labute approximate surface area is 143 Å². The van der Waals surface area contributed by atoms with Crippen LogP contribution in [-0.2, 0) is 6.42 Å². The molecular weight excluding hydrogens is 361 g/mol. The highest BCUT2D eigenvalue weighted by molar-refractivity contribution is 9.10. The second-order valence-electron chi connectivity index (χ2n) is 5.62. The lowest BCUT2D eigenvalue weighted by Gasteiger charge is -2.24. The molecule has 0 aliphatic carbocycles. The van der Waals surface area contributed by atoms with E-state index in [4.69, 9.17) is 4.74 Å². The van der Waals surface area contributed by atoms with Gasteiger partial charge in [-0.3, -0.25) is 0 Å². The minimum absolute atomic E-state index is 0.172. The van der Waals surface area contributed by atoms with Gasteiger partial charge in [-0.25, -0.2) is 14.4 Å². The van der Waals surface area contributed by atoms with Gasteiger partial charge in [0.2, 0.25) is 5.95 Å². The third-order valence-corrected chi connectivity index (χ3v) is 4.55. The molecule has 23 heavy (non-hydrogen) atoms. The van der Waals surface area contributed by atoms with Crippen LogP contribution in [0.2, 0.25) is 0 Å². The molecule has 0 amide bonds. The minimum Gasteiger partial charge on any atom is -0.488 e. The molecule has 0 unspecified atom stereocenters. The first kappa shape index (κ1) is 16.2. The summed E-state index contributed by atoms with van der Waals surface area (Å²) in [6.45, 7) is 3.41. The van der Waals surface area contributed by atoms with E-state index in [2.05, 4.69) is 37.7 Å². The smallest absolute Gasteiger partial charge is 0.225 e. The molecule has 2 heterocycles. The van der Waals surface area contributed by atoms with E-state index in [1.54, 1.807) is 12.1 Å². The number of aryl methyl sites for hydroxylation is 1. The van der Waals surface area contributed by atoms with Crippen molar-refractivity contribution >= 4 is 21.9 Å². The second kappa shape index (κ2) is 7.25. The highest BCUT2D eigenvalue weighted by Crippen LogP contribution is 2.25. The van der Waals surface area contributed by atoms with Crippen molar-refractivity contribution in [2.45, 2.75) is 32.2 Å². The topological polar surface area (TPSA) is 38.2 Å². The summed E-state index contributed by atoms with van der Waals surface area (Å²) in [4.78, 5) is 11.0. The van der Waals surface area contributed by atoms with Gasteiger partial charge in [-0.05, 0) is 43.0 Å². The molecule has 0 bridgehead atoms. The second-order valence-corrected chi connectivity index (χ2v) is 6.54. The zero-order valence-electron chi connectivity index (χ0n) is 13.0. The van der Waals surface area contributed by atoms with E-state index < -0.39 is 0 Å². The van der Waals surface area contributed by atoms with Crippen LogP contribution in [-0.4, -0.2) is 29.2 Å². The molecule has 1 fully saturated rings. The van der Waals surface area contributed by atoms with Crippen LogP contribution in [0.4, 0.5) is 10.3 Å². The summed E-state index contributed by atoms with van der Waals surface area (Å²) in [5.41, 5.74) is 1.12. The Morgan fingerprint density at radius 2 is 2.13 bits per heavy atom. The molecule has 0 N–H and O–H groups in total. The quantitative estimate of drug-likeness (QED) is 0.786. The largest absolute Gasteiger partial charge is 0.488 e. The highest BCUT2D eigenvalue weighted by Gasteiger charge is 2.27. The number of rotatable bonds is 5. The average molecular weight is 380 g/mol. The molecule has 1 aromatic heterocycles. The van der Waals surface area contributed by atoms with Gasteiger partial charge in [-0.2, -0.15) is 0 Å². The zero-order chi connectivity index (χ0) is 16.2. The lowest BCUT2D eigenvalue weighted by Crippen LogP contribution is -2.35. The highest BCUT2D eigenvalue weighted by atomic mass is 79.9. The summed E-state index contributed by atoms with van der Waals surface area (Å²) < 4.78 is 20.2. The number of nitrogens with zero attached hydrogens (tertiary/aromatic N) is 3. The van der Waals surface area contributed by atoms with E-state index in [0.717, 1.165) is 37.3 Å². The van der Waals surface area contributed by atoms with E-state index in [9.17, 15) is 4.39 Å². The summed E-state index contributed by atoms with van der Waals surface area (Å²) in [6.07, 6.45) is 6.72. The number of hydrogen-bond donors (Lipinski definition) is 0. The van der Waals surface area contributed by atoms with Crippen molar-refractivity contribution in [1.29, 1.82) is 0 Å². The molecule has 2 aromatic rings. The van der Waals surface area contributed by atoms with Crippen molar-refractivity contribution in [1.82, 2.24) is 9.97 Å². The third kappa shape index (κ3) is 3.80. The molecule has 6 heteroatoms. The number of anilines is 1. The monoisotopic (exact) mass is 379 g/mol. The molecule has 0 spiro atoms. The fourth-order valence-electron chi connectivity index (χ4n) is 2.73. The normalized spacial score (nSPS) is 17.5. The van der Waals surface area contributed by atoms with Gasteiger partial charge in [0.25, 0.3) is 0 Å². The fourth-order valence-corrected chi connectivity index (χ4v) is 3.06. The van der Waals surface area contributed by atoms with Gasteiger partial charge in [0, 0.05) is 23.4 Å². The van der Waals surface area contributed by atoms with E-state index >= 15 is 0 Å². The van der Waals surface area contributed by atoms with Crippen molar-refractivity contribution in [2.75, 3.05) is 18.1 Å². The maximum absolute atomic E-state index is 13.8. The number of halogens is 2. The van der Waals surface area contributed by atoms with Crippen LogP contribution in [0.1, 0.15) is 25.3 Å². The van der Waals surface area contributed by atoms with Crippen LogP contribution >= 0.6 is 15.9 Å².